The summed E-state index contributed by atoms with van der Waals surface area (Å²) in [5, 5.41) is 15.7. The minimum Gasteiger partial charge on any atom is -0.460 e. The molecule has 0 bridgehead atoms. The van der Waals surface area contributed by atoms with Crippen molar-refractivity contribution < 1.29 is 56.1 Å². The molecule has 6 rings (SSSR count). The second-order valence-electron chi connectivity index (χ2n) is 14.7. The zero-order valence-electron chi connectivity index (χ0n) is 28.9. The summed E-state index contributed by atoms with van der Waals surface area (Å²) in [6.45, 7) is 3.88. The molecule has 3 fully saturated rings. The molecule has 4 N–H and O–H groups in total. The number of carbonyl (C=O) groups is 5. The molecular formula is C34H42FN5O11S. The van der Waals surface area contributed by atoms with Crippen molar-refractivity contribution in [2.24, 2.45) is 5.92 Å². The average molecular weight is 748 g/mol. The van der Waals surface area contributed by atoms with Gasteiger partial charge in [0.05, 0.1) is 23.9 Å². The summed E-state index contributed by atoms with van der Waals surface area (Å²) in [5.41, 5.74) is -1.51. The number of fused-ring (bicyclic) bond motifs is 3. The zero-order chi connectivity index (χ0) is 37.6. The number of hydrogen-bond donors (Lipinski definition) is 4. The Balaban J connectivity index is 1.27. The third-order valence-electron chi connectivity index (χ3n) is 9.51. The molecule has 16 nitrogen and oxygen atoms in total. The number of rotatable bonds is 6. The lowest BCUT2D eigenvalue weighted by Gasteiger charge is -2.31. The first-order chi connectivity index (χ1) is 24.5. The predicted molar refractivity (Wildman–Crippen MR) is 178 cm³/mol. The van der Waals surface area contributed by atoms with Crippen molar-refractivity contribution in [3.63, 3.8) is 0 Å². The van der Waals surface area contributed by atoms with Gasteiger partial charge in [-0.2, -0.15) is 4.72 Å². The van der Waals surface area contributed by atoms with E-state index in [0.717, 1.165) is 11.0 Å². The fraction of sp³-hybridized carbons (Fsp3) is 0.559. The van der Waals surface area contributed by atoms with E-state index in [1.54, 1.807) is 32.9 Å². The van der Waals surface area contributed by atoms with Gasteiger partial charge in [-0.05, 0) is 51.7 Å². The molecule has 6 atom stereocenters. The van der Waals surface area contributed by atoms with Gasteiger partial charge in [0, 0.05) is 30.5 Å². The summed E-state index contributed by atoms with van der Waals surface area (Å²) < 4.78 is 58.5. The monoisotopic (exact) mass is 747 g/mol. The predicted octanol–water partition coefficient (Wildman–Crippen LogP) is 1.09. The van der Waals surface area contributed by atoms with Crippen LogP contribution in [0.1, 0.15) is 57.6 Å². The first-order valence-electron chi connectivity index (χ1n) is 17.0. The number of halogens is 1. The molecule has 52 heavy (non-hydrogen) atoms. The van der Waals surface area contributed by atoms with E-state index in [2.05, 4.69) is 15.4 Å². The third-order valence-corrected chi connectivity index (χ3v) is 11.4. The Hall–Kier alpha value is -4.55. The van der Waals surface area contributed by atoms with Crippen molar-refractivity contribution >= 4 is 40.0 Å². The molecule has 0 radical (unpaired) electrons. The molecule has 6 unspecified atom stereocenters. The number of benzene rings is 1. The normalized spacial score (nSPS) is 28.4. The van der Waals surface area contributed by atoms with Crippen LogP contribution in [-0.2, 0) is 51.7 Å². The quantitative estimate of drug-likeness (QED) is 0.184. The molecule has 3 aliphatic heterocycles. The van der Waals surface area contributed by atoms with E-state index >= 15 is 0 Å². The van der Waals surface area contributed by atoms with Crippen molar-refractivity contribution in [3.8, 4) is 0 Å². The smallest absolute Gasteiger partial charge is 0.410 e. The molecule has 1 saturated heterocycles. The summed E-state index contributed by atoms with van der Waals surface area (Å²) in [5.74, 6) is -3.57. The second kappa shape index (κ2) is 14.1. The van der Waals surface area contributed by atoms with Gasteiger partial charge in [-0.3, -0.25) is 14.5 Å². The van der Waals surface area contributed by atoms with E-state index in [9.17, 15) is 41.9 Å². The van der Waals surface area contributed by atoms with Gasteiger partial charge in [0.2, 0.25) is 21.8 Å². The van der Waals surface area contributed by atoms with E-state index in [-0.39, 0.29) is 32.5 Å². The fourth-order valence-electron chi connectivity index (χ4n) is 6.59. The number of allylic oxidation sites excluding steroid dienone is 2. The summed E-state index contributed by atoms with van der Waals surface area (Å²) in [6, 6.07) is 1.61. The highest BCUT2D eigenvalue weighted by Crippen LogP contribution is 2.47. The largest absolute Gasteiger partial charge is 0.460 e. The van der Waals surface area contributed by atoms with Gasteiger partial charge in [0.1, 0.15) is 42.4 Å². The fourth-order valence-corrected chi connectivity index (χ4v) is 8.06. The van der Waals surface area contributed by atoms with Gasteiger partial charge in [-0.1, -0.05) is 30.4 Å². The molecule has 1 aromatic rings. The molecule has 3 heterocycles. The van der Waals surface area contributed by atoms with Crippen molar-refractivity contribution in [2.75, 3.05) is 13.2 Å². The van der Waals surface area contributed by atoms with Gasteiger partial charge in [-0.25, -0.2) is 27.2 Å². The number of aliphatic hydroxyl groups excluding tert-OH is 1. The molecule has 2 saturated carbocycles. The van der Waals surface area contributed by atoms with Crippen LogP contribution in [0.15, 0.2) is 42.5 Å². The molecular weight excluding hydrogens is 705 g/mol. The highest BCUT2D eigenvalue weighted by molar-refractivity contribution is 7.90. The Morgan fingerprint density at radius 1 is 1.15 bits per heavy atom. The van der Waals surface area contributed by atoms with E-state index in [1.807, 2.05) is 0 Å². The Morgan fingerprint density at radius 2 is 1.90 bits per heavy atom. The number of carbonyl (C=O) groups excluding carboxylic acids is 5. The van der Waals surface area contributed by atoms with Crippen LogP contribution in [0.5, 0.6) is 0 Å². The number of ether oxygens (including phenoxy) is 3. The Morgan fingerprint density at radius 3 is 2.60 bits per heavy atom. The molecule has 282 valence electrons. The lowest BCUT2D eigenvalue weighted by molar-refractivity contribution is -0.145. The van der Waals surface area contributed by atoms with Crippen LogP contribution in [0.3, 0.4) is 0 Å². The Kier molecular flexibility index (Phi) is 10.1. The van der Waals surface area contributed by atoms with Gasteiger partial charge < -0.3 is 34.9 Å². The first-order valence-corrected chi connectivity index (χ1v) is 18.5. The van der Waals surface area contributed by atoms with E-state index < -0.39 is 99.1 Å². The molecule has 18 heteroatoms. The van der Waals surface area contributed by atoms with Crippen LogP contribution in [0, 0.1) is 11.7 Å². The molecule has 0 spiro atoms. The number of cyclic esters (lactones) is 1. The molecule has 0 aromatic heterocycles. The highest BCUT2D eigenvalue weighted by Gasteiger charge is 2.61. The van der Waals surface area contributed by atoms with E-state index in [1.165, 1.54) is 29.2 Å². The lowest BCUT2D eigenvalue weighted by atomic mass is 10.1. The number of nitrogens with one attached hydrogen (secondary N) is 3. The lowest BCUT2D eigenvalue weighted by Crippen LogP contribution is -2.60. The number of amides is 4. The van der Waals surface area contributed by atoms with Crippen molar-refractivity contribution in [1.29, 1.82) is 0 Å². The zero-order valence-corrected chi connectivity index (χ0v) is 29.7. The summed E-state index contributed by atoms with van der Waals surface area (Å²) in [7, 11) is -3.90. The number of aliphatic hydroxyl groups is 1. The topological polar surface area (TPSA) is 210 Å². The van der Waals surface area contributed by atoms with Gasteiger partial charge in [-0.15, -0.1) is 0 Å². The van der Waals surface area contributed by atoms with Gasteiger partial charge in [0.25, 0.3) is 0 Å². The van der Waals surface area contributed by atoms with Crippen molar-refractivity contribution in [3.05, 3.63) is 59.4 Å². The minimum absolute atomic E-state index is 0.0477. The van der Waals surface area contributed by atoms with E-state index in [0.29, 0.717) is 24.0 Å². The maximum absolute atomic E-state index is 14.4. The van der Waals surface area contributed by atoms with Crippen molar-refractivity contribution in [1.82, 2.24) is 25.2 Å². The third kappa shape index (κ3) is 8.23. The van der Waals surface area contributed by atoms with Crippen LogP contribution in [0.4, 0.5) is 14.0 Å². The number of alkyl carbamates (subject to hydrolysis) is 1. The van der Waals surface area contributed by atoms with Crippen LogP contribution in [0.2, 0.25) is 0 Å². The summed E-state index contributed by atoms with van der Waals surface area (Å²) in [4.78, 5) is 69.4. The number of hydrogen-bond acceptors (Lipinski definition) is 11. The van der Waals surface area contributed by atoms with Crippen LogP contribution >= 0.6 is 0 Å². The van der Waals surface area contributed by atoms with Crippen LogP contribution in [-0.4, -0.2) is 107 Å². The molecule has 4 amide bonds. The number of nitrogens with zero attached hydrogens (tertiary/aromatic N) is 2. The number of esters is 1. The van der Waals surface area contributed by atoms with Crippen LogP contribution < -0.4 is 15.4 Å². The summed E-state index contributed by atoms with van der Waals surface area (Å²) >= 11 is 0. The Labute approximate surface area is 299 Å². The molecule has 2 aliphatic carbocycles. The number of sulfonamides is 1. The highest BCUT2D eigenvalue weighted by atomic mass is 32.2. The van der Waals surface area contributed by atoms with Gasteiger partial charge >= 0.3 is 18.2 Å². The molecule has 5 aliphatic rings. The first kappa shape index (κ1) is 37.2. The van der Waals surface area contributed by atoms with E-state index in [4.69, 9.17) is 14.2 Å². The summed E-state index contributed by atoms with van der Waals surface area (Å²) in [6.07, 6.45) is 1.59. The standard InChI is InChI=1S/C34H42FN5O11S/c1-33(2,3)51-31(45)36-25-18-49-27(41)10-5-4-8-20-14-34(20,30(44)38-52(47,48)22-11-12-22)37-28(42)26-13-21(16-40(26)29(25)43)50-32(46)39-15-19-7-6-9-24(35)23(19)17-39/h4-10,20-22,25-26,30,38,44H,11-18H2,1-3H3,(H,36,45)(H,37,42). The SMILES string of the molecule is CC(C)(C)OC(=O)NC1COC(=O)C=CC=CC2CC2(C(O)NS(=O)(=O)C2CC2)NC(=O)C2CC(OC(=O)N3Cc4cccc(F)c4C3)CN2C1=O. The maximum Gasteiger partial charge on any atom is 0.410 e. The minimum atomic E-state index is -3.90. The van der Waals surface area contributed by atoms with Gasteiger partial charge in [0.15, 0.2) is 0 Å². The second-order valence-corrected chi connectivity index (χ2v) is 16.7. The van der Waals surface area contributed by atoms with Crippen molar-refractivity contribution in [2.45, 2.75) is 100 Å². The van der Waals surface area contributed by atoms with Crippen LogP contribution in [0.25, 0.3) is 0 Å². The molecule has 1 aromatic carbocycles. The maximum atomic E-state index is 14.4. The Bertz CT molecular complexity index is 1810. The average Bonchev–Trinajstić information content (AvgIpc) is 3.94.